The van der Waals surface area contributed by atoms with Gasteiger partial charge in [-0.25, -0.2) is 13.5 Å². The largest absolute Gasteiger partial charge is 0.416 e. The summed E-state index contributed by atoms with van der Waals surface area (Å²) in [6.07, 6.45) is -3.80. The quantitative estimate of drug-likeness (QED) is 0.304. The molecular weight excluding hydrogens is 453 g/mol. The van der Waals surface area contributed by atoms with E-state index in [0.29, 0.717) is 22.0 Å². The molecule has 5 aromatic rings. The predicted molar refractivity (Wildman–Crippen MR) is 118 cm³/mol. The smallest absolute Gasteiger partial charge is 0.380 e. The molecule has 0 aliphatic heterocycles. The monoisotopic (exact) mass is 471 g/mol. The number of halogens is 5. The first-order valence-corrected chi connectivity index (χ1v) is 10.3. The first kappa shape index (κ1) is 22.1. The van der Waals surface area contributed by atoms with Crippen molar-refractivity contribution < 1.29 is 27.1 Å². The number of rotatable bonds is 4. The first-order valence-electron chi connectivity index (χ1n) is 10.3. The minimum absolute atomic E-state index is 0.0211. The Labute approximate surface area is 190 Å². The second-order valence-electron chi connectivity index (χ2n) is 8.28. The molecule has 0 saturated carbocycles. The Bertz CT molecular complexity index is 1500. The molecule has 0 saturated heterocycles. The molecule has 0 amide bonds. The Balaban J connectivity index is 1.53. The van der Waals surface area contributed by atoms with Crippen LogP contribution in [0, 0.1) is 5.82 Å². The van der Waals surface area contributed by atoms with E-state index in [1.54, 1.807) is 28.9 Å². The molecule has 0 radical (unpaired) electrons. The molecule has 0 fully saturated rings. The van der Waals surface area contributed by atoms with Crippen LogP contribution in [0.15, 0.2) is 79.1 Å². The minimum atomic E-state index is -4.58. The lowest BCUT2D eigenvalue weighted by molar-refractivity contribution is -0.137. The van der Waals surface area contributed by atoms with Crippen LogP contribution in [0.25, 0.3) is 27.5 Å². The van der Waals surface area contributed by atoms with Crippen LogP contribution >= 0.6 is 0 Å². The van der Waals surface area contributed by atoms with Crippen molar-refractivity contribution in [2.45, 2.75) is 25.0 Å². The van der Waals surface area contributed by atoms with Crippen molar-refractivity contribution in [2.24, 2.45) is 0 Å². The van der Waals surface area contributed by atoms with E-state index in [9.17, 15) is 22.7 Å². The molecule has 2 unspecified atom stereocenters. The van der Waals surface area contributed by atoms with Gasteiger partial charge in [-0.05, 0) is 72.5 Å². The summed E-state index contributed by atoms with van der Waals surface area (Å²) >= 11 is 0. The number of hydrogen-bond donors (Lipinski definition) is 1. The Morgan fingerprint density at radius 2 is 1.56 bits per heavy atom. The SMILES string of the molecule is CC(O)(c1ccc2c(cnn2-c2ccc(F)cc2)c1)C(F)n1ccc2ccc(C(F)(F)F)cc21. The van der Waals surface area contributed by atoms with Gasteiger partial charge in [0, 0.05) is 11.6 Å². The highest BCUT2D eigenvalue weighted by Gasteiger charge is 2.37. The van der Waals surface area contributed by atoms with Crippen LogP contribution in [0.1, 0.15) is 24.3 Å². The molecule has 0 bridgehead atoms. The maximum absolute atomic E-state index is 15.7. The molecule has 174 valence electrons. The van der Waals surface area contributed by atoms with E-state index in [4.69, 9.17) is 0 Å². The molecule has 34 heavy (non-hydrogen) atoms. The third-order valence-electron chi connectivity index (χ3n) is 5.98. The Morgan fingerprint density at radius 1 is 0.853 bits per heavy atom. The van der Waals surface area contributed by atoms with E-state index < -0.39 is 23.6 Å². The molecule has 5 rings (SSSR count). The number of aromatic nitrogens is 3. The lowest BCUT2D eigenvalue weighted by atomic mass is 9.93. The van der Waals surface area contributed by atoms with E-state index in [2.05, 4.69) is 5.10 Å². The van der Waals surface area contributed by atoms with Gasteiger partial charge in [0.25, 0.3) is 0 Å². The van der Waals surface area contributed by atoms with Crippen LogP contribution in [-0.4, -0.2) is 19.5 Å². The van der Waals surface area contributed by atoms with Gasteiger partial charge in [0.05, 0.1) is 28.5 Å². The summed E-state index contributed by atoms with van der Waals surface area (Å²) in [6, 6.07) is 15.1. The Hall–Kier alpha value is -3.72. The topological polar surface area (TPSA) is 43.0 Å². The van der Waals surface area contributed by atoms with Gasteiger partial charge in [-0.2, -0.15) is 18.3 Å². The van der Waals surface area contributed by atoms with Gasteiger partial charge in [-0.15, -0.1) is 0 Å². The molecule has 0 aliphatic rings. The van der Waals surface area contributed by atoms with Crippen molar-refractivity contribution >= 4 is 21.8 Å². The van der Waals surface area contributed by atoms with E-state index in [0.717, 1.165) is 16.7 Å². The standard InChI is InChI=1S/C25H18F5N3O/c1-24(34,23(27)32-11-10-15-2-3-18(13-22(15)32)25(28,29)30)17-4-9-21-16(12-17)14-31-33(21)20-7-5-19(26)6-8-20/h2-14,23,34H,1H3. The number of alkyl halides is 4. The molecule has 2 aromatic heterocycles. The zero-order chi connectivity index (χ0) is 24.3. The molecule has 1 N–H and O–H groups in total. The van der Waals surface area contributed by atoms with Crippen LogP contribution in [0.3, 0.4) is 0 Å². The van der Waals surface area contributed by atoms with Crippen LogP contribution in [-0.2, 0) is 11.8 Å². The fraction of sp³-hybridized carbons (Fsp3) is 0.160. The van der Waals surface area contributed by atoms with Gasteiger partial charge in [0.2, 0.25) is 6.30 Å². The molecule has 4 nitrogen and oxygen atoms in total. The second kappa shape index (κ2) is 7.66. The highest BCUT2D eigenvalue weighted by molar-refractivity contribution is 5.82. The van der Waals surface area contributed by atoms with Crippen LogP contribution < -0.4 is 0 Å². The molecule has 3 aromatic carbocycles. The van der Waals surface area contributed by atoms with Crippen LogP contribution in [0.4, 0.5) is 22.0 Å². The van der Waals surface area contributed by atoms with Gasteiger partial charge in [0.15, 0.2) is 0 Å². The molecule has 0 spiro atoms. The van der Waals surface area contributed by atoms with Crippen molar-refractivity contribution in [1.82, 2.24) is 14.3 Å². The molecular formula is C25H18F5N3O. The maximum Gasteiger partial charge on any atom is 0.416 e. The zero-order valence-electron chi connectivity index (χ0n) is 17.8. The average Bonchev–Trinajstić information content (AvgIpc) is 3.42. The fourth-order valence-corrected chi connectivity index (χ4v) is 4.07. The van der Waals surface area contributed by atoms with Crippen LogP contribution in [0.5, 0.6) is 0 Å². The molecule has 0 aliphatic carbocycles. The van der Waals surface area contributed by atoms with E-state index in [1.807, 2.05) is 0 Å². The number of fused-ring (bicyclic) bond motifs is 2. The number of aliphatic hydroxyl groups is 1. The number of nitrogens with zero attached hydrogens (tertiary/aromatic N) is 3. The summed E-state index contributed by atoms with van der Waals surface area (Å²) in [6.45, 7) is 1.27. The second-order valence-corrected chi connectivity index (χ2v) is 8.28. The summed E-state index contributed by atoms with van der Waals surface area (Å²) < 4.78 is 71.0. The summed E-state index contributed by atoms with van der Waals surface area (Å²) in [7, 11) is 0. The lowest BCUT2D eigenvalue weighted by Crippen LogP contribution is -2.31. The predicted octanol–water partition coefficient (Wildman–Crippen LogP) is 6.51. The first-order chi connectivity index (χ1) is 16.1. The normalized spacial score (nSPS) is 15.0. The number of benzene rings is 3. The highest BCUT2D eigenvalue weighted by Crippen LogP contribution is 2.39. The summed E-state index contributed by atoms with van der Waals surface area (Å²) in [5.74, 6) is -0.382. The van der Waals surface area contributed by atoms with E-state index in [1.165, 1.54) is 49.6 Å². The van der Waals surface area contributed by atoms with Crippen molar-refractivity contribution in [1.29, 1.82) is 0 Å². The molecule has 9 heteroatoms. The summed E-state index contributed by atoms with van der Waals surface area (Å²) in [5, 5.41) is 16.5. The maximum atomic E-state index is 15.7. The fourth-order valence-electron chi connectivity index (χ4n) is 4.07. The third kappa shape index (κ3) is 3.62. The molecule has 2 atom stereocenters. The minimum Gasteiger partial charge on any atom is -0.380 e. The Kier molecular flexibility index (Phi) is 4.98. The van der Waals surface area contributed by atoms with Gasteiger partial charge in [0.1, 0.15) is 11.4 Å². The van der Waals surface area contributed by atoms with Crippen molar-refractivity contribution in [2.75, 3.05) is 0 Å². The van der Waals surface area contributed by atoms with Crippen molar-refractivity contribution in [3.8, 4) is 5.69 Å². The zero-order valence-corrected chi connectivity index (χ0v) is 17.8. The van der Waals surface area contributed by atoms with E-state index >= 15 is 4.39 Å². The van der Waals surface area contributed by atoms with Gasteiger partial charge < -0.3 is 9.67 Å². The van der Waals surface area contributed by atoms with Crippen LogP contribution in [0.2, 0.25) is 0 Å². The summed E-state index contributed by atoms with van der Waals surface area (Å²) in [4.78, 5) is 0. The average molecular weight is 471 g/mol. The van der Waals surface area contributed by atoms with E-state index in [-0.39, 0.29) is 16.9 Å². The lowest BCUT2D eigenvalue weighted by Gasteiger charge is -2.29. The third-order valence-corrected chi connectivity index (χ3v) is 5.98. The van der Waals surface area contributed by atoms with Crippen molar-refractivity contribution in [3.05, 3.63) is 96.1 Å². The van der Waals surface area contributed by atoms with Gasteiger partial charge in [-0.3, -0.25) is 0 Å². The van der Waals surface area contributed by atoms with Gasteiger partial charge >= 0.3 is 6.18 Å². The molecule has 2 heterocycles. The number of hydrogen-bond acceptors (Lipinski definition) is 2. The highest BCUT2D eigenvalue weighted by atomic mass is 19.4. The summed E-state index contributed by atoms with van der Waals surface area (Å²) in [5.41, 5.74) is -1.44. The van der Waals surface area contributed by atoms with Crippen molar-refractivity contribution in [3.63, 3.8) is 0 Å². The van der Waals surface area contributed by atoms with Gasteiger partial charge in [-0.1, -0.05) is 12.1 Å². The Morgan fingerprint density at radius 3 is 2.26 bits per heavy atom.